The molecule has 4 rings (SSSR count). The third-order valence-electron chi connectivity index (χ3n) is 4.65. The molecule has 1 aromatic heterocycles. The van der Waals surface area contributed by atoms with Gasteiger partial charge >= 0.3 is 5.97 Å². The predicted molar refractivity (Wildman–Crippen MR) is 124 cm³/mol. The normalized spacial score (nSPS) is 13.3. The lowest BCUT2D eigenvalue weighted by Gasteiger charge is -2.19. The summed E-state index contributed by atoms with van der Waals surface area (Å²) in [5, 5.41) is 4.74. The summed E-state index contributed by atoms with van der Waals surface area (Å²) in [5.41, 5.74) is 2.78. The SMILES string of the molecule is Cc1csc(SCc2ccccc2C(=O)O[C@H](C)C(=O)Nc2ccc3c(c2)OCCO3)n1. The average molecular weight is 471 g/mol. The van der Waals surface area contributed by atoms with Gasteiger partial charge in [0.2, 0.25) is 0 Å². The first kappa shape index (κ1) is 22.2. The van der Waals surface area contributed by atoms with Crippen LogP contribution in [0.1, 0.15) is 28.5 Å². The van der Waals surface area contributed by atoms with E-state index in [1.165, 1.54) is 0 Å². The van der Waals surface area contributed by atoms with E-state index in [1.807, 2.05) is 24.4 Å². The van der Waals surface area contributed by atoms with Crippen molar-refractivity contribution in [2.45, 2.75) is 30.0 Å². The van der Waals surface area contributed by atoms with Gasteiger partial charge in [0, 0.05) is 28.6 Å². The zero-order chi connectivity index (χ0) is 22.5. The molecule has 1 amide bonds. The first-order valence-electron chi connectivity index (χ1n) is 10.0. The monoisotopic (exact) mass is 470 g/mol. The molecular weight excluding hydrogens is 448 g/mol. The smallest absolute Gasteiger partial charge is 0.339 e. The van der Waals surface area contributed by atoms with Crippen LogP contribution in [0.2, 0.25) is 0 Å². The van der Waals surface area contributed by atoms with E-state index in [2.05, 4.69) is 10.3 Å². The van der Waals surface area contributed by atoms with Crippen molar-refractivity contribution in [3.8, 4) is 11.5 Å². The van der Waals surface area contributed by atoms with Gasteiger partial charge in [0.15, 0.2) is 17.6 Å². The summed E-state index contributed by atoms with van der Waals surface area (Å²) in [4.78, 5) is 29.8. The Hall–Kier alpha value is -3.04. The van der Waals surface area contributed by atoms with E-state index in [9.17, 15) is 9.59 Å². The van der Waals surface area contributed by atoms with Crippen LogP contribution in [-0.4, -0.2) is 36.2 Å². The van der Waals surface area contributed by atoms with E-state index >= 15 is 0 Å². The molecule has 32 heavy (non-hydrogen) atoms. The van der Waals surface area contributed by atoms with Crippen LogP contribution in [0.25, 0.3) is 0 Å². The number of rotatable bonds is 7. The molecule has 7 nitrogen and oxygen atoms in total. The Morgan fingerprint density at radius 3 is 2.75 bits per heavy atom. The van der Waals surface area contributed by atoms with Gasteiger partial charge in [-0.25, -0.2) is 9.78 Å². The molecule has 0 unspecified atom stereocenters. The second-order valence-corrected chi connectivity index (χ2v) is 9.18. The summed E-state index contributed by atoms with van der Waals surface area (Å²) in [5.74, 6) is 0.814. The molecule has 0 saturated carbocycles. The van der Waals surface area contributed by atoms with Crippen LogP contribution in [0.15, 0.2) is 52.2 Å². The second-order valence-electron chi connectivity index (χ2n) is 7.10. The number of aryl methyl sites for hydroxylation is 1. The van der Waals surface area contributed by atoms with Crippen molar-refractivity contribution in [1.82, 2.24) is 4.98 Å². The number of carbonyl (C=O) groups excluding carboxylic acids is 2. The highest BCUT2D eigenvalue weighted by atomic mass is 32.2. The van der Waals surface area contributed by atoms with E-state index in [4.69, 9.17) is 14.2 Å². The lowest BCUT2D eigenvalue weighted by Crippen LogP contribution is -2.30. The van der Waals surface area contributed by atoms with Crippen LogP contribution in [0, 0.1) is 6.92 Å². The van der Waals surface area contributed by atoms with Crippen molar-refractivity contribution >= 4 is 40.7 Å². The van der Waals surface area contributed by atoms with E-state index in [0.717, 1.165) is 15.6 Å². The molecule has 166 valence electrons. The van der Waals surface area contributed by atoms with Gasteiger partial charge in [-0.1, -0.05) is 30.0 Å². The standard InChI is InChI=1S/C23H22N2O5S2/c1-14-12-31-23(24-14)32-13-16-5-3-4-6-18(16)22(27)30-15(2)21(26)25-17-7-8-19-20(11-17)29-10-9-28-19/h3-8,11-12,15H,9-10,13H2,1-2H3,(H,25,26)/t15-/m1/s1. The number of hydrogen-bond acceptors (Lipinski definition) is 8. The van der Waals surface area contributed by atoms with Crippen LogP contribution in [0.4, 0.5) is 5.69 Å². The van der Waals surface area contributed by atoms with Crippen molar-refractivity contribution in [2.24, 2.45) is 0 Å². The minimum absolute atomic E-state index is 0.430. The maximum absolute atomic E-state index is 12.8. The number of thiazole rings is 1. The van der Waals surface area contributed by atoms with E-state index in [-0.39, 0.29) is 0 Å². The van der Waals surface area contributed by atoms with Crippen LogP contribution in [-0.2, 0) is 15.3 Å². The Morgan fingerprint density at radius 1 is 1.19 bits per heavy atom. The second kappa shape index (κ2) is 10.1. The minimum atomic E-state index is -0.974. The number of carbonyl (C=O) groups is 2. The largest absolute Gasteiger partial charge is 0.486 e. The molecule has 0 saturated heterocycles. The van der Waals surface area contributed by atoms with Crippen molar-refractivity contribution < 1.29 is 23.8 Å². The highest BCUT2D eigenvalue weighted by Crippen LogP contribution is 2.32. The van der Waals surface area contributed by atoms with Gasteiger partial charge in [-0.3, -0.25) is 4.79 Å². The number of ether oxygens (including phenoxy) is 3. The lowest BCUT2D eigenvalue weighted by molar-refractivity contribution is -0.123. The fourth-order valence-corrected chi connectivity index (χ4v) is 4.88. The number of anilines is 1. The number of fused-ring (bicyclic) bond motifs is 1. The van der Waals surface area contributed by atoms with Gasteiger partial charge in [-0.05, 0) is 37.6 Å². The van der Waals surface area contributed by atoms with Gasteiger partial charge < -0.3 is 19.5 Å². The summed E-state index contributed by atoms with van der Waals surface area (Å²) < 4.78 is 17.4. The zero-order valence-corrected chi connectivity index (χ0v) is 19.3. The first-order chi connectivity index (χ1) is 15.5. The average Bonchev–Trinajstić information content (AvgIpc) is 3.22. The fraction of sp³-hybridized carbons (Fsp3) is 0.261. The summed E-state index contributed by atoms with van der Waals surface area (Å²) in [6.45, 7) is 4.44. The highest BCUT2D eigenvalue weighted by molar-refractivity contribution is 8.00. The van der Waals surface area contributed by atoms with Crippen molar-refractivity contribution in [2.75, 3.05) is 18.5 Å². The third kappa shape index (κ3) is 5.41. The molecule has 1 atom stereocenters. The van der Waals surface area contributed by atoms with E-state index in [1.54, 1.807) is 60.4 Å². The third-order valence-corrected chi connectivity index (χ3v) is 6.84. The molecule has 0 aliphatic carbocycles. The minimum Gasteiger partial charge on any atom is -0.486 e. The quantitative estimate of drug-likeness (QED) is 0.396. The predicted octanol–water partition coefficient (Wildman–Crippen LogP) is 4.70. The van der Waals surface area contributed by atoms with Gasteiger partial charge in [-0.15, -0.1) is 11.3 Å². The van der Waals surface area contributed by atoms with Crippen molar-refractivity contribution in [1.29, 1.82) is 0 Å². The number of nitrogens with zero attached hydrogens (tertiary/aromatic N) is 1. The fourth-order valence-electron chi connectivity index (χ4n) is 3.03. The Balaban J connectivity index is 1.37. The maximum atomic E-state index is 12.8. The Kier molecular flexibility index (Phi) is 6.96. The molecule has 0 fully saturated rings. The maximum Gasteiger partial charge on any atom is 0.339 e. The van der Waals surface area contributed by atoms with Gasteiger partial charge in [0.05, 0.1) is 5.56 Å². The molecule has 3 aromatic rings. The molecule has 2 aromatic carbocycles. The van der Waals surface area contributed by atoms with Crippen LogP contribution >= 0.6 is 23.1 Å². The lowest BCUT2D eigenvalue weighted by atomic mass is 10.1. The molecule has 0 spiro atoms. The van der Waals surface area contributed by atoms with E-state index < -0.39 is 18.0 Å². The molecule has 1 aliphatic rings. The van der Waals surface area contributed by atoms with Crippen LogP contribution in [0.5, 0.6) is 11.5 Å². The van der Waals surface area contributed by atoms with Gasteiger partial charge in [-0.2, -0.15) is 0 Å². The number of thioether (sulfide) groups is 1. The number of nitrogens with one attached hydrogen (secondary N) is 1. The van der Waals surface area contributed by atoms with Crippen molar-refractivity contribution in [3.63, 3.8) is 0 Å². The van der Waals surface area contributed by atoms with Crippen LogP contribution in [0.3, 0.4) is 0 Å². The van der Waals surface area contributed by atoms with Gasteiger partial charge in [0.1, 0.15) is 17.6 Å². The molecule has 0 bridgehead atoms. The zero-order valence-electron chi connectivity index (χ0n) is 17.6. The molecule has 0 radical (unpaired) electrons. The number of hydrogen-bond donors (Lipinski definition) is 1. The summed E-state index contributed by atoms with van der Waals surface area (Å²) in [6, 6.07) is 12.4. The molecule has 2 heterocycles. The Labute approximate surface area is 194 Å². The summed E-state index contributed by atoms with van der Waals surface area (Å²) >= 11 is 3.14. The summed E-state index contributed by atoms with van der Waals surface area (Å²) in [7, 11) is 0. The Morgan fingerprint density at radius 2 is 1.97 bits per heavy atom. The molecule has 1 aliphatic heterocycles. The topological polar surface area (TPSA) is 86.8 Å². The van der Waals surface area contributed by atoms with Crippen LogP contribution < -0.4 is 14.8 Å². The number of amides is 1. The van der Waals surface area contributed by atoms with Crippen molar-refractivity contribution in [3.05, 3.63) is 64.7 Å². The first-order valence-corrected chi connectivity index (χ1v) is 11.9. The number of aromatic nitrogens is 1. The number of benzene rings is 2. The summed E-state index contributed by atoms with van der Waals surface area (Å²) in [6.07, 6.45) is -0.974. The van der Waals surface area contributed by atoms with E-state index in [0.29, 0.717) is 41.7 Å². The highest BCUT2D eigenvalue weighted by Gasteiger charge is 2.22. The number of esters is 1. The molecule has 9 heteroatoms. The molecule has 1 N–H and O–H groups in total. The Bertz CT molecular complexity index is 1130. The van der Waals surface area contributed by atoms with Gasteiger partial charge in [0.25, 0.3) is 5.91 Å². The molecular formula is C23H22N2O5S2.